The van der Waals surface area contributed by atoms with E-state index in [0.29, 0.717) is 11.3 Å². The van der Waals surface area contributed by atoms with Gasteiger partial charge < -0.3 is 9.26 Å². The maximum atomic E-state index is 13.0. The molecule has 0 unspecified atom stereocenters. The highest BCUT2D eigenvalue weighted by Gasteiger charge is 2.22. The maximum absolute atomic E-state index is 13.0. The normalized spacial score (nSPS) is 12.7. The molecule has 0 amide bonds. The van der Waals surface area contributed by atoms with Crippen LogP contribution in [0.5, 0.6) is 5.75 Å². The summed E-state index contributed by atoms with van der Waals surface area (Å²) in [5.41, 5.74) is 0.562. The first-order valence-electron chi connectivity index (χ1n) is 7.65. The van der Waals surface area contributed by atoms with Gasteiger partial charge in [-0.05, 0) is 55.5 Å². The Morgan fingerprint density at radius 2 is 1.77 bits per heavy atom. The Morgan fingerprint density at radius 1 is 1.12 bits per heavy atom. The fourth-order valence-electron chi connectivity index (χ4n) is 2.23. The molecule has 136 valence electrons. The Bertz CT molecular complexity index is 986. The molecule has 0 radical (unpaired) electrons. The number of sulfonamides is 1. The quantitative estimate of drug-likeness (QED) is 0.710. The molecule has 0 spiro atoms. The molecule has 0 aliphatic heterocycles. The molecule has 26 heavy (non-hydrogen) atoms. The third-order valence-electron chi connectivity index (χ3n) is 3.62. The van der Waals surface area contributed by atoms with Crippen molar-refractivity contribution in [2.75, 3.05) is 7.11 Å². The Morgan fingerprint density at radius 3 is 2.38 bits per heavy atom. The number of benzene rings is 2. The van der Waals surface area contributed by atoms with E-state index in [4.69, 9.17) is 9.26 Å². The molecular weight excluding hydrogens is 361 g/mol. The minimum Gasteiger partial charge on any atom is -0.497 e. The van der Waals surface area contributed by atoms with Crippen molar-refractivity contribution < 1.29 is 22.1 Å². The van der Waals surface area contributed by atoms with Gasteiger partial charge in [-0.25, -0.2) is 12.8 Å². The molecular formula is C17H16FN3O4S. The smallest absolute Gasteiger partial charge is 0.244 e. The summed E-state index contributed by atoms with van der Waals surface area (Å²) in [5.74, 6) is 0.521. The van der Waals surface area contributed by atoms with Crippen molar-refractivity contribution in [1.82, 2.24) is 14.9 Å². The summed E-state index contributed by atoms with van der Waals surface area (Å²) in [6.45, 7) is 1.59. The summed E-state index contributed by atoms with van der Waals surface area (Å²) in [6.07, 6.45) is 0. The van der Waals surface area contributed by atoms with Gasteiger partial charge in [0.2, 0.25) is 21.7 Å². The van der Waals surface area contributed by atoms with Crippen molar-refractivity contribution in [3.63, 3.8) is 0 Å². The van der Waals surface area contributed by atoms with Gasteiger partial charge in [-0.2, -0.15) is 9.71 Å². The Hall–Kier alpha value is -2.78. The Kier molecular flexibility index (Phi) is 5.01. The van der Waals surface area contributed by atoms with Crippen LogP contribution in [-0.4, -0.2) is 25.7 Å². The van der Waals surface area contributed by atoms with E-state index in [1.165, 1.54) is 43.5 Å². The topological polar surface area (TPSA) is 94.3 Å². The molecule has 0 aliphatic carbocycles. The van der Waals surface area contributed by atoms with Gasteiger partial charge in [0, 0.05) is 5.56 Å². The molecule has 9 heteroatoms. The van der Waals surface area contributed by atoms with Crippen LogP contribution in [0.3, 0.4) is 0 Å². The first kappa shape index (κ1) is 18.0. The Balaban J connectivity index is 1.76. The highest BCUT2D eigenvalue weighted by molar-refractivity contribution is 7.89. The molecule has 0 fully saturated rings. The molecule has 2 aromatic carbocycles. The third-order valence-corrected chi connectivity index (χ3v) is 5.17. The first-order valence-corrected chi connectivity index (χ1v) is 9.13. The fourth-order valence-corrected chi connectivity index (χ4v) is 3.43. The number of hydrogen-bond donors (Lipinski definition) is 1. The highest BCUT2D eigenvalue weighted by Crippen LogP contribution is 2.21. The fraction of sp³-hybridized carbons (Fsp3) is 0.176. The van der Waals surface area contributed by atoms with E-state index in [9.17, 15) is 12.8 Å². The van der Waals surface area contributed by atoms with Crippen LogP contribution in [0, 0.1) is 5.82 Å². The second-order valence-corrected chi connectivity index (χ2v) is 7.20. The van der Waals surface area contributed by atoms with Gasteiger partial charge in [0.05, 0.1) is 18.0 Å². The second kappa shape index (κ2) is 7.22. The minimum absolute atomic E-state index is 0.0865. The zero-order chi connectivity index (χ0) is 18.7. The minimum atomic E-state index is -3.78. The lowest BCUT2D eigenvalue weighted by Crippen LogP contribution is -2.27. The van der Waals surface area contributed by atoms with Gasteiger partial charge in [0.15, 0.2) is 0 Å². The summed E-state index contributed by atoms with van der Waals surface area (Å²) < 4.78 is 50.5. The second-order valence-electron chi connectivity index (χ2n) is 5.48. The van der Waals surface area contributed by atoms with Crippen molar-refractivity contribution in [3.8, 4) is 17.1 Å². The Labute approximate surface area is 149 Å². The van der Waals surface area contributed by atoms with Gasteiger partial charge in [0.1, 0.15) is 11.6 Å². The van der Waals surface area contributed by atoms with E-state index in [2.05, 4.69) is 14.9 Å². The molecule has 1 N–H and O–H groups in total. The molecule has 1 heterocycles. The van der Waals surface area contributed by atoms with E-state index in [-0.39, 0.29) is 22.4 Å². The van der Waals surface area contributed by atoms with E-state index in [1.807, 2.05) is 0 Å². The predicted molar refractivity (Wildman–Crippen MR) is 91.4 cm³/mol. The summed E-state index contributed by atoms with van der Waals surface area (Å²) >= 11 is 0. The number of ether oxygens (including phenoxy) is 1. The highest BCUT2D eigenvalue weighted by atomic mass is 32.2. The summed E-state index contributed by atoms with van der Waals surface area (Å²) in [7, 11) is -2.28. The van der Waals surface area contributed by atoms with Crippen LogP contribution in [0.25, 0.3) is 11.4 Å². The standard InChI is InChI=1S/C17H16FN3O4S/c1-11(21-26(22,23)15-9-7-14(24-2)8-10-15)17-19-16(20-25-17)12-3-5-13(18)6-4-12/h3-11,21H,1-2H3/t11-/m1/s1. The van der Waals surface area contributed by atoms with Crippen LogP contribution in [0.4, 0.5) is 4.39 Å². The zero-order valence-corrected chi connectivity index (χ0v) is 14.8. The van der Waals surface area contributed by atoms with E-state index >= 15 is 0 Å². The molecule has 0 saturated heterocycles. The summed E-state index contributed by atoms with van der Waals surface area (Å²) in [5, 5.41) is 3.80. The number of nitrogens with zero attached hydrogens (tertiary/aromatic N) is 2. The average Bonchev–Trinajstić information content (AvgIpc) is 3.12. The largest absolute Gasteiger partial charge is 0.497 e. The van der Waals surface area contributed by atoms with Crippen LogP contribution >= 0.6 is 0 Å². The van der Waals surface area contributed by atoms with Crippen molar-refractivity contribution in [2.24, 2.45) is 0 Å². The lowest BCUT2D eigenvalue weighted by molar-refractivity contribution is 0.354. The van der Waals surface area contributed by atoms with Gasteiger partial charge in [0.25, 0.3) is 0 Å². The first-order chi connectivity index (χ1) is 12.4. The number of aromatic nitrogens is 2. The van der Waals surface area contributed by atoms with E-state index in [1.54, 1.807) is 19.1 Å². The summed E-state index contributed by atoms with van der Waals surface area (Å²) in [6, 6.07) is 10.8. The lowest BCUT2D eigenvalue weighted by Gasteiger charge is -2.11. The van der Waals surface area contributed by atoms with Gasteiger partial charge >= 0.3 is 0 Å². The molecule has 3 aromatic rings. The van der Waals surface area contributed by atoms with Crippen molar-refractivity contribution >= 4 is 10.0 Å². The maximum Gasteiger partial charge on any atom is 0.244 e. The van der Waals surface area contributed by atoms with Crippen LogP contribution < -0.4 is 9.46 Å². The number of hydrogen-bond acceptors (Lipinski definition) is 6. The van der Waals surface area contributed by atoms with E-state index < -0.39 is 16.1 Å². The van der Waals surface area contributed by atoms with E-state index in [0.717, 1.165) is 0 Å². The molecule has 0 bridgehead atoms. The molecule has 0 aliphatic rings. The van der Waals surface area contributed by atoms with Crippen LogP contribution in [-0.2, 0) is 10.0 Å². The zero-order valence-electron chi connectivity index (χ0n) is 14.0. The van der Waals surface area contributed by atoms with Crippen LogP contribution in [0.2, 0.25) is 0 Å². The SMILES string of the molecule is COc1ccc(S(=O)(=O)N[C@H](C)c2nc(-c3ccc(F)cc3)no2)cc1. The van der Waals surface area contributed by atoms with Gasteiger partial charge in [-0.3, -0.25) is 0 Å². The average molecular weight is 377 g/mol. The number of methoxy groups -OCH3 is 1. The van der Waals surface area contributed by atoms with Gasteiger partial charge in [-0.1, -0.05) is 5.16 Å². The molecule has 1 aromatic heterocycles. The number of rotatable bonds is 6. The molecule has 7 nitrogen and oxygen atoms in total. The number of nitrogens with one attached hydrogen (secondary N) is 1. The molecule has 3 rings (SSSR count). The summed E-state index contributed by atoms with van der Waals surface area (Å²) in [4.78, 5) is 4.25. The monoisotopic (exact) mass is 377 g/mol. The van der Waals surface area contributed by atoms with Gasteiger partial charge in [-0.15, -0.1) is 0 Å². The predicted octanol–water partition coefficient (Wildman–Crippen LogP) is 2.92. The molecule has 1 atom stereocenters. The van der Waals surface area contributed by atoms with Crippen molar-refractivity contribution in [3.05, 3.63) is 60.2 Å². The van der Waals surface area contributed by atoms with Crippen LogP contribution in [0.15, 0.2) is 57.9 Å². The lowest BCUT2D eigenvalue weighted by atomic mass is 10.2. The van der Waals surface area contributed by atoms with Crippen LogP contribution in [0.1, 0.15) is 18.9 Å². The third kappa shape index (κ3) is 3.89. The molecule has 0 saturated carbocycles. The van der Waals surface area contributed by atoms with Crippen molar-refractivity contribution in [2.45, 2.75) is 17.9 Å². The number of halogens is 1. The van der Waals surface area contributed by atoms with Crippen molar-refractivity contribution in [1.29, 1.82) is 0 Å².